The van der Waals surface area contributed by atoms with E-state index in [1.807, 2.05) is 6.92 Å². The maximum atomic E-state index is 11.2. The van der Waals surface area contributed by atoms with Crippen LogP contribution in [0.15, 0.2) is 10.9 Å². The van der Waals surface area contributed by atoms with Gasteiger partial charge in [-0.15, -0.1) is 0 Å². The lowest BCUT2D eigenvalue weighted by molar-refractivity contribution is 0.283. The molecule has 0 aliphatic heterocycles. The third-order valence-electron chi connectivity index (χ3n) is 2.27. The van der Waals surface area contributed by atoms with Crippen LogP contribution in [-0.2, 0) is 6.42 Å². The van der Waals surface area contributed by atoms with Gasteiger partial charge < -0.3 is 15.4 Å². The number of nitrogens with one attached hydrogen (secondary N) is 2. The lowest BCUT2D eigenvalue weighted by Crippen LogP contribution is -2.13. The van der Waals surface area contributed by atoms with Crippen molar-refractivity contribution in [1.82, 2.24) is 9.97 Å². The first-order chi connectivity index (χ1) is 7.76. The number of anilines is 1. The summed E-state index contributed by atoms with van der Waals surface area (Å²) in [5.41, 5.74) is -0.121. The zero-order valence-corrected chi connectivity index (χ0v) is 9.62. The van der Waals surface area contributed by atoms with Gasteiger partial charge in [-0.3, -0.25) is 4.79 Å². The molecule has 0 aromatic carbocycles. The third kappa shape index (κ3) is 4.44. The normalized spacial score (nSPS) is 10.4. The summed E-state index contributed by atoms with van der Waals surface area (Å²) < 4.78 is 0. The molecule has 16 heavy (non-hydrogen) atoms. The van der Waals surface area contributed by atoms with Crippen LogP contribution in [0.25, 0.3) is 0 Å². The van der Waals surface area contributed by atoms with Crippen LogP contribution in [0.1, 0.15) is 32.0 Å². The molecular weight excluding hydrogens is 206 g/mol. The number of nitrogens with zero attached hydrogens (tertiary/aromatic N) is 1. The minimum Gasteiger partial charge on any atom is -0.396 e. The van der Waals surface area contributed by atoms with Gasteiger partial charge in [-0.05, 0) is 19.3 Å². The SMILES string of the molecule is CCc1nc(NCCCCCO)cc(=O)[nH]1. The van der Waals surface area contributed by atoms with Gasteiger partial charge in [0.2, 0.25) is 0 Å². The molecule has 0 atom stereocenters. The van der Waals surface area contributed by atoms with Gasteiger partial charge >= 0.3 is 0 Å². The Balaban J connectivity index is 2.41. The average molecular weight is 225 g/mol. The number of aliphatic hydroxyl groups excluding tert-OH is 1. The fourth-order valence-corrected chi connectivity index (χ4v) is 1.40. The van der Waals surface area contributed by atoms with Crippen LogP contribution in [0, 0.1) is 0 Å². The van der Waals surface area contributed by atoms with Crippen LogP contribution in [0.5, 0.6) is 0 Å². The van der Waals surface area contributed by atoms with Crippen LogP contribution >= 0.6 is 0 Å². The van der Waals surface area contributed by atoms with E-state index in [1.54, 1.807) is 0 Å². The van der Waals surface area contributed by atoms with Gasteiger partial charge in [-0.2, -0.15) is 0 Å². The number of unbranched alkanes of at least 4 members (excludes halogenated alkanes) is 2. The minimum absolute atomic E-state index is 0.121. The van der Waals surface area contributed by atoms with Crippen molar-refractivity contribution in [2.45, 2.75) is 32.6 Å². The number of hydrogen-bond acceptors (Lipinski definition) is 4. The average Bonchev–Trinajstić information content (AvgIpc) is 2.28. The Morgan fingerprint density at radius 3 is 2.94 bits per heavy atom. The predicted octanol–water partition coefficient (Wildman–Crippen LogP) is 0.907. The summed E-state index contributed by atoms with van der Waals surface area (Å²) in [4.78, 5) is 18.2. The van der Waals surface area contributed by atoms with Crippen molar-refractivity contribution >= 4 is 5.82 Å². The zero-order chi connectivity index (χ0) is 11.8. The van der Waals surface area contributed by atoms with E-state index in [-0.39, 0.29) is 12.2 Å². The zero-order valence-electron chi connectivity index (χ0n) is 9.62. The van der Waals surface area contributed by atoms with Gasteiger partial charge in [0.1, 0.15) is 11.6 Å². The van der Waals surface area contributed by atoms with Gasteiger partial charge in [0.25, 0.3) is 5.56 Å². The summed E-state index contributed by atoms with van der Waals surface area (Å²) in [6, 6.07) is 1.46. The topological polar surface area (TPSA) is 78.0 Å². The Kier molecular flexibility index (Phi) is 5.56. The molecule has 5 nitrogen and oxygen atoms in total. The van der Waals surface area contributed by atoms with Crippen molar-refractivity contribution in [3.05, 3.63) is 22.2 Å². The molecule has 0 saturated heterocycles. The molecule has 90 valence electrons. The van der Waals surface area contributed by atoms with Crippen molar-refractivity contribution in [2.24, 2.45) is 0 Å². The Morgan fingerprint density at radius 2 is 2.25 bits per heavy atom. The lowest BCUT2D eigenvalue weighted by Gasteiger charge is -2.05. The first-order valence-corrected chi connectivity index (χ1v) is 5.71. The second kappa shape index (κ2) is 7.00. The summed E-state index contributed by atoms with van der Waals surface area (Å²) in [6.07, 6.45) is 3.49. The van der Waals surface area contributed by atoms with Gasteiger partial charge in [0.15, 0.2) is 0 Å². The van der Waals surface area contributed by atoms with Gasteiger partial charge in [0.05, 0.1) is 0 Å². The highest BCUT2D eigenvalue weighted by Crippen LogP contribution is 2.01. The highest BCUT2D eigenvalue weighted by Gasteiger charge is 1.98. The standard InChI is InChI=1S/C11H19N3O2/c1-2-9-13-10(8-11(16)14-9)12-6-4-3-5-7-15/h8,15H,2-7H2,1H3,(H2,12,13,14,16). The summed E-state index contributed by atoms with van der Waals surface area (Å²) in [7, 11) is 0. The maximum Gasteiger partial charge on any atom is 0.252 e. The summed E-state index contributed by atoms with van der Waals surface area (Å²) in [5.74, 6) is 1.33. The minimum atomic E-state index is -0.121. The number of aromatic amines is 1. The van der Waals surface area contributed by atoms with Crippen molar-refractivity contribution in [1.29, 1.82) is 0 Å². The highest BCUT2D eigenvalue weighted by atomic mass is 16.2. The molecule has 0 fully saturated rings. The number of H-pyrrole nitrogens is 1. The first kappa shape index (κ1) is 12.7. The molecule has 1 aromatic rings. The molecular formula is C11H19N3O2. The van der Waals surface area contributed by atoms with E-state index >= 15 is 0 Å². The number of aliphatic hydroxyl groups is 1. The Bertz CT molecular complexity index is 362. The fraction of sp³-hybridized carbons (Fsp3) is 0.636. The Labute approximate surface area is 94.9 Å². The molecule has 0 bridgehead atoms. The molecule has 1 rings (SSSR count). The van der Waals surface area contributed by atoms with Crippen molar-refractivity contribution in [3.8, 4) is 0 Å². The highest BCUT2D eigenvalue weighted by molar-refractivity contribution is 5.32. The lowest BCUT2D eigenvalue weighted by atomic mass is 10.2. The van der Waals surface area contributed by atoms with Gasteiger partial charge in [-0.25, -0.2) is 4.98 Å². The fourth-order valence-electron chi connectivity index (χ4n) is 1.40. The third-order valence-corrected chi connectivity index (χ3v) is 2.27. The van der Waals surface area contributed by atoms with E-state index in [0.29, 0.717) is 11.6 Å². The van der Waals surface area contributed by atoms with Crippen LogP contribution < -0.4 is 10.9 Å². The number of aryl methyl sites for hydroxylation is 1. The van der Waals surface area contributed by atoms with Crippen LogP contribution in [0.3, 0.4) is 0 Å². The Morgan fingerprint density at radius 1 is 1.44 bits per heavy atom. The molecule has 1 aromatic heterocycles. The van der Waals surface area contributed by atoms with E-state index in [2.05, 4.69) is 15.3 Å². The quantitative estimate of drug-likeness (QED) is 0.603. The number of rotatable bonds is 7. The molecule has 5 heteroatoms. The smallest absolute Gasteiger partial charge is 0.252 e. The molecule has 0 radical (unpaired) electrons. The summed E-state index contributed by atoms with van der Waals surface area (Å²) in [6.45, 7) is 2.96. The monoisotopic (exact) mass is 225 g/mol. The van der Waals surface area contributed by atoms with E-state index < -0.39 is 0 Å². The largest absolute Gasteiger partial charge is 0.396 e. The van der Waals surface area contributed by atoms with E-state index in [9.17, 15) is 4.79 Å². The van der Waals surface area contributed by atoms with E-state index in [1.165, 1.54) is 6.07 Å². The number of aromatic nitrogens is 2. The molecule has 0 aliphatic carbocycles. The molecule has 0 aliphatic rings. The van der Waals surface area contributed by atoms with Crippen LogP contribution in [0.2, 0.25) is 0 Å². The van der Waals surface area contributed by atoms with Gasteiger partial charge in [0, 0.05) is 25.6 Å². The molecule has 0 unspecified atom stereocenters. The molecule has 0 saturated carbocycles. The van der Waals surface area contributed by atoms with E-state index in [4.69, 9.17) is 5.11 Å². The van der Waals surface area contributed by atoms with Crippen molar-refractivity contribution < 1.29 is 5.11 Å². The van der Waals surface area contributed by atoms with E-state index in [0.717, 1.165) is 32.2 Å². The molecule has 0 spiro atoms. The second-order valence-corrected chi connectivity index (χ2v) is 3.64. The Hall–Kier alpha value is -1.36. The second-order valence-electron chi connectivity index (χ2n) is 3.64. The van der Waals surface area contributed by atoms with Crippen molar-refractivity contribution in [3.63, 3.8) is 0 Å². The predicted molar refractivity (Wildman–Crippen MR) is 63.7 cm³/mol. The van der Waals surface area contributed by atoms with Crippen LogP contribution in [0.4, 0.5) is 5.82 Å². The number of hydrogen-bond donors (Lipinski definition) is 3. The molecule has 3 N–H and O–H groups in total. The maximum absolute atomic E-state index is 11.2. The van der Waals surface area contributed by atoms with Crippen molar-refractivity contribution in [2.75, 3.05) is 18.5 Å². The van der Waals surface area contributed by atoms with Crippen LogP contribution in [-0.4, -0.2) is 28.2 Å². The molecule has 0 amide bonds. The molecule has 1 heterocycles. The first-order valence-electron chi connectivity index (χ1n) is 5.71. The summed E-state index contributed by atoms with van der Waals surface area (Å²) >= 11 is 0. The summed E-state index contributed by atoms with van der Waals surface area (Å²) in [5, 5.41) is 11.7. The van der Waals surface area contributed by atoms with Gasteiger partial charge in [-0.1, -0.05) is 6.92 Å².